The van der Waals surface area contributed by atoms with Crippen LogP contribution in [0.3, 0.4) is 0 Å². The van der Waals surface area contributed by atoms with Crippen LogP contribution >= 0.6 is 58.0 Å². The lowest BCUT2D eigenvalue weighted by Crippen LogP contribution is -2.24. The van der Waals surface area contributed by atoms with Gasteiger partial charge in [0.05, 0.1) is 16.0 Å². The molecule has 4 nitrogen and oxygen atoms in total. The van der Waals surface area contributed by atoms with Crippen molar-refractivity contribution in [1.82, 2.24) is 0 Å². The van der Waals surface area contributed by atoms with Gasteiger partial charge < -0.3 is 5.32 Å². The molecule has 41 heavy (non-hydrogen) atoms. The van der Waals surface area contributed by atoms with E-state index < -0.39 is 80.4 Å². The third-order valence-corrected chi connectivity index (χ3v) is 8.21. The summed E-state index contributed by atoms with van der Waals surface area (Å²) in [6.45, 7) is 0. The van der Waals surface area contributed by atoms with Gasteiger partial charge in [-0.15, -0.1) is 23.2 Å². The summed E-state index contributed by atoms with van der Waals surface area (Å²) in [4.78, 5) is 37.5. The number of carbonyl (C=O) groups is 3. The molecule has 1 saturated carbocycles. The van der Waals surface area contributed by atoms with Crippen molar-refractivity contribution < 1.29 is 36.3 Å². The number of carbonyl (C=O) groups excluding carboxylic acids is 3. The Morgan fingerprint density at radius 1 is 0.878 bits per heavy atom. The van der Waals surface area contributed by atoms with Gasteiger partial charge in [-0.2, -0.15) is 8.78 Å². The minimum absolute atomic E-state index is 0.0676. The zero-order valence-corrected chi connectivity index (χ0v) is 24.0. The molecule has 1 aliphatic rings. The van der Waals surface area contributed by atoms with Gasteiger partial charge in [0.1, 0.15) is 21.8 Å². The predicted octanol–water partition coefficient (Wildman–Crippen LogP) is 8.31. The van der Waals surface area contributed by atoms with E-state index in [1.807, 2.05) is 0 Å². The zero-order chi connectivity index (χ0) is 30.4. The average Bonchev–Trinajstić information content (AvgIpc) is 3.47. The van der Waals surface area contributed by atoms with Crippen LogP contribution in [0.25, 0.3) is 0 Å². The minimum Gasteiger partial charge on any atom is -0.326 e. The first-order valence-corrected chi connectivity index (χ1v) is 13.4. The molecule has 0 saturated heterocycles. The fraction of sp³-hybridized carbons (Fsp3) is 0.222. The highest BCUT2D eigenvalue weighted by Crippen LogP contribution is 2.65. The van der Waals surface area contributed by atoms with E-state index in [-0.39, 0.29) is 21.3 Å². The van der Waals surface area contributed by atoms with Crippen LogP contribution in [0.2, 0.25) is 10.0 Å². The Morgan fingerprint density at radius 2 is 1.54 bits per heavy atom. The van der Waals surface area contributed by atoms with Crippen molar-refractivity contribution in [3.8, 4) is 0 Å². The summed E-state index contributed by atoms with van der Waals surface area (Å²) in [7, 11) is 0. The summed E-state index contributed by atoms with van der Waals surface area (Å²) < 4.78 is 67.1. The summed E-state index contributed by atoms with van der Waals surface area (Å²) in [6.07, 6.45) is -2.03. The van der Waals surface area contributed by atoms with E-state index >= 15 is 0 Å². The summed E-state index contributed by atoms with van der Waals surface area (Å²) in [6, 6.07) is 9.34. The van der Waals surface area contributed by atoms with Crippen LogP contribution in [0.4, 0.5) is 27.6 Å². The molecule has 3 aromatic rings. The first-order valence-electron chi connectivity index (χ1n) is 11.5. The van der Waals surface area contributed by atoms with Crippen molar-refractivity contribution in [2.24, 2.45) is 5.92 Å². The van der Waals surface area contributed by atoms with Crippen LogP contribution in [0, 0.1) is 23.4 Å². The minimum atomic E-state index is -4.33. The lowest BCUT2D eigenvalue weighted by Gasteiger charge is -2.12. The van der Waals surface area contributed by atoms with Gasteiger partial charge in [-0.1, -0.05) is 35.3 Å². The van der Waals surface area contributed by atoms with Gasteiger partial charge >= 0.3 is 5.38 Å². The molecule has 1 aliphatic carbocycles. The van der Waals surface area contributed by atoms with Gasteiger partial charge in [0, 0.05) is 35.6 Å². The second-order valence-corrected chi connectivity index (χ2v) is 11.9. The van der Waals surface area contributed by atoms with Crippen molar-refractivity contribution in [2.45, 2.75) is 28.5 Å². The number of anilines is 1. The van der Waals surface area contributed by atoms with Crippen molar-refractivity contribution >= 4 is 81.2 Å². The third kappa shape index (κ3) is 6.65. The fourth-order valence-corrected chi connectivity index (χ4v) is 5.59. The number of hydrogen-bond acceptors (Lipinski definition) is 3. The molecule has 4 rings (SSSR count). The average molecular weight is 674 g/mol. The summed E-state index contributed by atoms with van der Waals surface area (Å²) >= 11 is 29.2. The Kier molecular flexibility index (Phi) is 8.98. The Hall–Kier alpha value is -2.43. The van der Waals surface area contributed by atoms with Crippen LogP contribution in [0.5, 0.6) is 0 Å². The molecule has 0 heterocycles. The standard InChI is InChI=1S/C27H15Cl5F5NO3/c28-16-4-3-13(38-25(41)23-22(26(23,30)31)11-1-6-19(34)17(29)7-11)9-14(16)20(39)8-12-2-5-18(33)15(24(12)35)10-21(40)27(32,36)37/h1-7,9,22-23H,8,10H2,(H,38,41)/t22-,23+/m0/s1. The molecular weight excluding hydrogens is 659 g/mol. The highest BCUT2D eigenvalue weighted by atomic mass is 35.5. The Balaban J connectivity index is 1.52. The summed E-state index contributed by atoms with van der Waals surface area (Å²) in [5, 5.41) is -2.01. The van der Waals surface area contributed by atoms with Crippen LogP contribution in [0.15, 0.2) is 48.5 Å². The smallest absolute Gasteiger partial charge is 0.326 e. The second-order valence-electron chi connectivity index (χ2n) is 9.18. The van der Waals surface area contributed by atoms with E-state index in [0.29, 0.717) is 5.56 Å². The maximum Gasteiger partial charge on any atom is 0.380 e. The topological polar surface area (TPSA) is 63.2 Å². The Bertz CT molecular complexity index is 1580. The van der Waals surface area contributed by atoms with Crippen LogP contribution in [0.1, 0.15) is 33.0 Å². The van der Waals surface area contributed by atoms with E-state index in [9.17, 15) is 36.3 Å². The number of halogens is 10. The summed E-state index contributed by atoms with van der Waals surface area (Å²) in [5.74, 6) is -8.30. The third-order valence-electron chi connectivity index (χ3n) is 6.44. The van der Waals surface area contributed by atoms with E-state index in [1.165, 1.54) is 30.3 Å². The van der Waals surface area contributed by atoms with Gasteiger partial charge in [0.2, 0.25) is 11.7 Å². The fourth-order valence-electron chi connectivity index (χ4n) is 4.28. The molecule has 0 unspecified atom stereocenters. The van der Waals surface area contributed by atoms with Crippen molar-refractivity contribution in [2.75, 3.05) is 5.32 Å². The van der Waals surface area contributed by atoms with Crippen LogP contribution in [-0.4, -0.2) is 27.2 Å². The predicted molar refractivity (Wildman–Crippen MR) is 146 cm³/mol. The molecule has 0 aliphatic heterocycles. The van der Waals surface area contributed by atoms with Gasteiger partial charge in [-0.3, -0.25) is 14.4 Å². The lowest BCUT2D eigenvalue weighted by atomic mass is 9.98. The van der Waals surface area contributed by atoms with Gasteiger partial charge in [-0.25, -0.2) is 13.2 Å². The van der Waals surface area contributed by atoms with Crippen molar-refractivity contribution in [1.29, 1.82) is 0 Å². The number of hydrogen-bond donors (Lipinski definition) is 1. The van der Waals surface area contributed by atoms with Crippen molar-refractivity contribution in [3.63, 3.8) is 0 Å². The molecule has 1 amide bonds. The molecule has 1 fully saturated rings. The molecule has 2 atom stereocenters. The number of nitrogens with one attached hydrogen (secondary N) is 1. The Labute approximate surface area is 254 Å². The number of ketones is 2. The molecular formula is C27H15Cl5F5NO3. The highest BCUT2D eigenvalue weighted by molar-refractivity contribution is 6.53. The number of benzene rings is 3. The van der Waals surface area contributed by atoms with Gasteiger partial charge in [0.15, 0.2) is 5.78 Å². The maximum atomic E-state index is 14.9. The normalized spacial score (nSPS) is 17.7. The largest absolute Gasteiger partial charge is 0.380 e. The lowest BCUT2D eigenvalue weighted by molar-refractivity contribution is -0.132. The molecule has 14 heteroatoms. The highest BCUT2D eigenvalue weighted by Gasteiger charge is 2.67. The molecule has 0 aromatic heterocycles. The number of rotatable bonds is 9. The van der Waals surface area contributed by atoms with Gasteiger partial charge in [0.25, 0.3) is 0 Å². The van der Waals surface area contributed by atoms with E-state index in [4.69, 9.17) is 46.4 Å². The van der Waals surface area contributed by atoms with Crippen molar-refractivity contribution in [3.05, 3.63) is 98.3 Å². The zero-order valence-electron chi connectivity index (χ0n) is 20.2. The maximum absolute atomic E-state index is 14.9. The molecule has 3 aromatic carbocycles. The Morgan fingerprint density at radius 3 is 2.17 bits per heavy atom. The quantitative estimate of drug-likeness (QED) is 0.141. The van der Waals surface area contributed by atoms with Gasteiger partial charge in [-0.05, 0) is 59.1 Å². The van der Waals surface area contributed by atoms with E-state index in [2.05, 4.69) is 16.9 Å². The first-order chi connectivity index (χ1) is 19.0. The van der Waals surface area contributed by atoms with E-state index in [0.717, 1.165) is 18.2 Å². The van der Waals surface area contributed by atoms with Crippen LogP contribution in [-0.2, 0) is 22.4 Å². The SMILES string of the molecule is O=C(Cc1ccc(F)c(CC(=O)C(F)(F)Cl)c1F)c1cc(NC(=O)[C@H]2[C@H](c3ccc(F)c(Cl)c3)C2(Cl)Cl)ccc1Cl. The number of amides is 1. The molecule has 0 radical (unpaired) electrons. The van der Waals surface area contributed by atoms with Crippen LogP contribution < -0.4 is 5.32 Å². The first kappa shape index (κ1) is 31.5. The van der Waals surface area contributed by atoms with E-state index in [1.54, 1.807) is 0 Å². The molecule has 0 spiro atoms. The summed E-state index contributed by atoms with van der Waals surface area (Å²) in [5.41, 5.74) is -0.982. The monoisotopic (exact) mass is 671 g/mol. The second kappa shape index (κ2) is 11.7. The molecule has 216 valence electrons. The number of Topliss-reactive ketones (excluding diaryl/α,β-unsaturated/α-hetero) is 2. The number of alkyl halides is 5. The molecule has 0 bridgehead atoms. The molecule has 1 N–H and O–H groups in total.